The molecule has 1 N–H and O–H groups in total. The van der Waals surface area contributed by atoms with Gasteiger partial charge in [0, 0.05) is 10.6 Å². The topological polar surface area (TPSA) is 54.4 Å². The van der Waals surface area contributed by atoms with E-state index in [9.17, 15) is 22.3 Å². The molecule has 0 aliphatic heterocycles. The highest BCUT2D eigenvalue weighted by Crippen LogP contribution is 2.23. The zero-order valence-electron chi connectivity index (χ0n) is 11.3. The number of sulfone groups is 1. The fourth-order valence-corrected chi connectivity index (χ4v) is 3.80. The lowest BCUT2D eigenvalue weighted by atomic mass is 10.1. The van der Waals surface area contributed by atoms with Gasteiger partial charge in [0.1, 0.15) is 11.6 Å². The molecule has 0 heterocycles. The molecular formula is C15H13ClF2O3S. The van der Waals surface area contributed by atoms with Crippen LogP contribution in [0.5, 0.6) is 0 Å². The Balaban J connectivity index is 2.18. The first-order valence-electron chi connectivity index (χ1n) is 6.35. The summed E-state index contributed by atoms with van der Waals surface area (Å²) in [4.78, 5) is 0. The van der Waals surface area contributed by atoms with Crippen LogP contribution < -0.4 is 0 Å². The van der Waals surface area contributed by atoms with Crippen LogP contribution in [0.4, 0.5) is 8.78 Å². The molecule has 0 saturated heterocycles. The number of benzene rings is 2. The van der Waals surface area contributed by atoms with Gasteiger partial charge in [-0.05, 0) is 29.8 Å². The first-order valence-corrected chi connectivity index (χ1v) is 8.55. The maximum absolute atomic E-state index is 13.5. The summed E-state index contributed by atoms with van der Waals surface area (Å²) < 4.78 is 50.8. The van der Waals surface area contributed by atoms with Crippen LogP contribution in [0.3, 0.4) is 0 Å². The number of hydrogen-bond acceptors (Lipinski definition) is 3. The predicted octanol–water partition coefficient (Wildman–Crippen LogP) is 3.27. The van der Waals surface area contributed by atoms with Crippen LogP contribution in [0.2, 0.25) is 5.02 Å². The first kappa shape index (κ1) is 16.9. The second kappa shape index (κ2) is 6.73. The van der Waals surface area contributed by atoms with Crippen molar-refractivity contribution in [2.75, 3.05) is 5.75 Å². The van der Waals surface area contributed by atoms with E-state index in [1.165, 1.54) is 0 Å². The molecule has 2 aromatic carbocycles. The summed E-state index contributed by atoms with van der Waals surface area (Å²) in [6.07, 6.45) is -1.65. The quantitative estimate of drug-likeness (QED) is 0.904. The van der Waals surface area contributed by atoms with Crippen LogP contribution in [-0.4, -0.2) is 19.3 Å². The fourth-order valence-electron chi connectivity index (χ4n) is 2.01. The van der Waals surface area contributed by atoms with Gasteiger partial charge in [-0.15, -0.1) is 0 Å². The molecule has 0 aromatic heterocycles. The molecule has 0 spiro atoms. The third-order valence-electron chi connectivity index (χ3n) is 3.06. The summed E-state index contributed by atoms with van der Waals surface area (Å²) in [6, 6.07) is 8.92. The normalized spacial score (nSPS) is 13.1. The van der Waals surface area contributed by atoms with E-state index < -0.39 is 33.3 Å². The second-order valence-corrected chi connectivity index (χ2v) is 7.34. The lowest BCUT2D eigenvalue weighted by Gasteiger charge is -2.13. The summed E-state index contributed by atoms with van der Waals surface area (Å²) in [5.74, 6) is -2.72. The maximum atomic E-state index is 13.5. The molecule has 0 radical (unpaired) electrons. The van der Waals surface area contributed by atoms with Crippen LogP contribution in [0.15, 0.2) is 42.5 Å². The molecule has 0 bridgehead atoms. The van der Waals surface area contributed by atoms with Gasteiger partial charge in [0.05, 0.1) is 17.6 Å². The van der Waals surface area contributed by atoms with E-state index in [2.05, 4.69) is 0 Å². The smallest absolute Gasteiger partial charge is 0.157 e. The third-order valence-corrected chi connectivity index (χ3v) is 5.01. The minimum atomic E-state index is -3.76. The van der Waals surface area contributed by atoms with Gasteiger partial charge in [-0.25, -0.2) is 17.2 Å². The van der Waals surface area contributed by atoms with E-state index in [0.717, 1.165) is 18.2 Å². The van der Waals surface area contributed by atoms with Crippen LogP contribution >= 0.6 is 11.6 Å². The lowest BCUT2D eigenvalue weighted by molar-refractivity contribution is 0.196. The predicted molar refractivity (Wildman–Crippen MR) is 80.3 cm³/mol. The summed E-state index contributed by atoms with van der Waals surface area (Å²) in [6.45, 7) is 0. The molecule has 1 unspecified atom stereocenters. The van der Waals surface area contributed by atoms with Crippen molar-refractivity contribution in [3.05, 3.63) is 70.2 Å². The largest absolute Gasteiger partial charge is 0.387 e. The molecule has 0 fully saturated rings. The number of hydrogen-bond donors (Lipinski definition) is 1. The fraction of sp³-hybridized carbons (Fsp3) is 0.200. The van der Waals surface area contributed by atoms with Crippen molar-refractivity contribution in [2.45, 2.75) is 11.9 Å². The van der Waals surface area contributed by atoms with Gasteiger partial charge in [0.25, 0.3) is 0 Å². The number of rotatable bonds is 5. The van der Waals surface area contributed by atoms with Crippen molar-refractivity contribution >= 4 is 21.4 Å². The zero-order valence-corrected chi connectivity index (χ0v) is 12.9. The molecule has 0 aliphatic rings. The van der Waals surface area contributed by atoms with E-state index in [1.807, 2.05) is 0 Å². The Kier molecular flexibility index (Phi) is 5.16. The average molecular weight is 347 g/mol. The average Bonchev–Trinajstić information content (AvgIpc) is 2.43. The first-order chi connectivity index (χ1) is 10.3. The van der Waals surface area contributed by atoms with Crippen molar-refractivity contribution < 1.29 is 22.3 Å². The van der Waals surface area contributed by atoms with Crippen LogP contribution in [0.1, 0.15) is 17.2 Å². The van der Waals surface area contributed by atoms with Gasteiger partial charge in [0.2, 0.25) is 0 Å². The van der Waals surface area contributed by atoms with E-state index >= 15 is 0 Å². The number of halogens is 3. The summed E-state index contributed by atoms with van der Waals surface area (Å²) in [5, 5.41) is 10.2. The Morgan fingerprint density at radius 3 is 2.50 bits per heavy atom. The standard InChI is InChI=1S/C15H13ClF2O3S/c16-13-4-2-1-3-10(13)8-22(20,21)9-15(19)12-7-11(17)5-6-14(12)18/h1-7,15,19H,8-9H2. The Labute approximate surface area is 132 Å². The SMILES string of the molecule is O=S(=O)(Cc1ccccc1Cl)CC(O)c1cc(F)ccc1F. The van der Waals surface area contributed by atoms with Crippen molar-refractivity contribution in [2.24, 2.45) is 0 Å². The molecule has 0 aliphatic carbocycles. The minimum absolute atomic E-state index is 0.289. The molecular weight excluding hydrogens is 334 g/mol. The third kappa shape index (κ3) is 4.25. The molecule has 2 aromatic rings. The van der Waals surface area contributed by atoms with Crippen molar-refractivity contribution in [3.8, 4) is 0 Å². The summed E-state index contributed by atoms with van der Waals surface area (Å²) >= 11 is 5.89. The lowest BCUT2D eigenvalue weighted by Crippen LogP contribution is -2.17. The van der Waals surface area contributed by atoms with Crippen molar-refractivity contribution in [1.82, 2.24) is 0 Å². The Hall–Kier alpha value is -1.50. The molecule has 3 nitrogen and oxygen atoms in total. The van der Waals surface area contributed by atoms with E-state index in [1.54, 1.807) is 24.3 Å². The Morgan fingerprint density at radius 1 is 1.14 bits per heavy atom. The molecule has 1 atom stereocenters. The molecule has 0 saturated carbocycles. The highest BCUT2D eigenvalue weighted by Gasteiger charge is 2.23. The molecule has 2 rings (SSSR count). The van der Waals surface area contributed by atoms with Crippen LogP contribution in [-0.2, 0) is 15.6 Å². The zero-order chi connectivity index (χ0) is 16.3. The number of aliphatic hydroxyl groups excluding tert-OH is 1. The summed E-state index contributed by atoms with van der Waals surface area (Å²) in [7, 11) is -3.76. The van der Waals surface area contributed by atoms with Crippen molar-refractivity contribution in [1.29, 1.82) is 0 Å². The summed E-state index contributed by atoms with van der Waals surface area (Å²) in [5.41, 5.74) is -0.00110. The number of aliphatic hydroxyl groups is 1. The molecule has 7 heteroatoms. The van der Waals surface area contributed by atoms with Gasteiger partial charge in [-0.1, -0.05) is 29.8 Å². The van der Waals surface area contributed by atoms with Crippen LogP contribution in [0.25, 0.3) is 0 Å². The Bertz CT molecular complexity index is 778. The Morgan fingerprint density at radius 2 is 1.82 bits per heavy atom. The second-order valence-electron chi connectivity index (χ2n) is 4.83. The minimum Gasteiger partial charge on any atom is -0.387 e. The highest BCUT2D eigenvalue weighted by molar-refractivity contribution is 7.90. The van der Waals surface area contributed by atoms with Crippen LogP contribution in [0, 0.1) is 11.6 Å². The van der Waals surface area contributed by atoms with E-state index in [4.69, 9.17) is 11.6 Å². The molecule has 118 valence electrons. The van der Waals surface area contributed by atoms with Gasteiger partial charge < -0.3 is 5.11 Å². The van der Waals surface area contributed by atoms with Gasteiger partial charge in [-0.3, -0.25) is 0 Å². The molecule has 0 amide bonds. The van der Waals surface area contributed by atoms with E-state index in [0.29, 0.717) is 5.56 Å². The van der Waals surface area contributed by atoms with Gasteiger partial charge >= 0.3 is 0 Å². The van der Waals surface area contributed by atoms with Gasteiger partial charge in [-0.2, -0.15) is 0 Å². The molecule has 22 heavy (non-hydrogen) atoms. The highest BCUT2D eigenvalue weighted by atomic mass is 35.5. The van der Waals surface area contributed by atoms with E-state index in [-0.39, 0.29) is 16.3 Å². The maximum Gasteiger partial charge on any atom is 0.157 e. The van der Waals surface area contributed by atoms with Crippen molar-refractivity contribution in [3.63, 3.8) is 0 Å². The van der Waals surface area contributed by atoms with Gasteiger partial charge in [0.15, 0.2) is 9.84 Å². The monoisotopic (exact) mass is 346 g/mol.